The maximum atomic E-state index is 12.8. The number of Topliss-reactive ketones (excluding diaryl/α,β-unsaturated/α-hetero) is 1. The van der Waals surface area contributed by atoms with Crippen LogP contribution in [0.4, 0.5) is 4.39 Å². The summed E-state index contributed by atoms with van der Waals surface area (Å²) in [6.07, 6.45) is 1.69. The van der Waals surface area contributed by atoms with Gasteiger partial charge < -0.3 is 4.74 Å². The quantitative estimate of drug-likeness (QED) is 0.777. The highest BCUT2D eigenvalue weighted by molar-refractivity contribution is 5.98. The van der Waals surface area contributed by atoms with Gasteiger partial charge >= 0.3 is 0 Å². The van der Waals surface area contributed by atoms with E-state index in [-0.39, 0.29) is 18.0 Å². The van der Waals surface area contributed by atoms with Crippen LogP contribution in [0.25, 0.3) is 0 Å². The molecule has 0 amide bonds. The van der Waals surface area contributed by atoms with Crippen LogP contribution in [0.15, 0.2) is 30.5 Å². The van der Waals surface area contributed by atoms with Gasteiger partial charge in [-0.2, -0.15) is 5.10 Å². The lowest BCUT2D eigenvalue weighted by Crippen LogP contribution is -2.11. The first-order valence-corrected chi connectivity index (χ1v) is 5.45. The van der Waals surface area contributed by atoms with Crippen molar-refractivity contribution in [3.8, 4) is 5.75 Å². The van der Waals surface area contributed by atoms with Crippen LogP contribution in [-0.4, -0.2) is 22.7 Å². The topological polar surface area (TPSA) is 44.1 Å². The molecule has 0 aliphatic carbocycles. The molecule has 0 N–H and O–H groups in total. The van der Waals surface area contributed by atoms with Crippen LogP contribution in [0, 0.1) is 5.82 Å². The van der Waals surface area contributed by atoms with Crippen molar-refractivity contribution in [3.63, 3.8) is 0 Å². The molecule has 0 saturated heterocycles. The SMILES string of the molecule is COc1cnn(C)c1C(=O)Cc1ccc(F)cc1. The highest BCUT2D eigenvalue weighted by atomic mass is 19.1. The van der Waals surface area contributed by atoms with Crippen molar-refractivity contribution in [1.82, 2.24) is 9.78 Å². The molecule has 1 heterocycles. The maximum absolute atomic E-state index is 12.8. The lowest BCUT2D eigenvalue weighted by atomic mass is 10.1. The normalized spacial score (nSPS) is 10.4. The molecule has 94 valence electrons. The van der Waals surface area contributed by atoms with Gasteiger partial charge in [0.25, 0.3) is 0 Å². The van der Waals surface area contributed by atoms with Gasteiger partial charge in [0.15, 0.2) is 11.5 Å². The van der Waals surface area contributed by atoms with Gasteiger partial charge in [-0.15, -0.1) is 0 Å². The second kappa shape index (κ2) is 5.00. The summed E-state index contributed by atoms with van der Waals surface area (Å²) in [6.45, 7) is 0. The minimum atomic E-state index is -0.315. The van der Waals surface area contributed by atoms with E-state index in [4.69, 9.17) is 4.74 Å². The molecule has 0 unspecified atom stereocenters. The summed E-state index contributed by atoms with van der Waals surface area (Å²) in [6, 6.07) is 5.86. The highest BCUT2D eigenvalue weighted by Gasteiger charge is 2.17. The third kappa shape index (κ3) is 2.40. The zero-order valence-corrected chi connectivity index (χ0v) is 10.2. The van der Waals surface area contributed by atoms with E-state index < -0.39 is 0 Å². The van der Waals surface area contributed by atoms with E-state index in [0.717, 1.165) is 5.56 Å². The third-order valence-electron chi connectivity index (χ3n) is 2.67. The van der Waals surface area contributed by atoms with Gasteiger partial charge in [-0.3, -0.25) is 9.48 Å². The molecule has 4 nitrogen and oxygen atoms in total. The van der Waals surface area contributed by atoms with E-state index in [1.807, 2.05) is 0 Å². The molecular formula is C13H13FN2O2. The van der Waals surface area contributed by atoms with E-state index in [1.54, 1.807) is 19.2 Å². The molecule has 2 aromatic rings. The Morgan fingerprint density at radius 3 is 2.67 bits per heavy atom. The summed E-state index contributed by atoms with van der Waals surface area (Å²) in [5, 5.41) is 3.98. The predicted molar refractivity (Wildman–Crippen MR) is 64.2 cm³/mol. The number of benzene rings is 1. The number of aromatic nitrogens is 2. The van der Waals surface area contributed by atoms with Gasteiger partial charge in [0, 0.05) is 13.5 Å². The number of aryl methyl sites for hydroxylation is 1. The van der Waals surface area contributed by atoms with Gasteiger partial charge in [0.2, 0.25) is 0 Å². The summed E-state index contributed by atoms with van der Waals surface area (Å²) in [7, 11) is 3.17. The first-order chi connectivity index (χ1) is 8.61. The number of methoxy groups -OCH3 is 1. The minimum absolute atomic E-state index is 0.113. The smallest absolute Gasteiger partial charge is 0.189 e. The average Bonchev–Trinajstić information content (AvgIpc) is 2.73. The zero-order valence-electron chi connectivity index (χ0n) is 10.2. The number of hydrogen-bond donors (Lipinski definition) is 0. The second-order valence-corrected chi connectivity index (χ2v) is 3.91. The van der Waals surface area contributed by atoms with Crippen LogP contribution in [0.3, 0.4) is 0 Å². The number of halogens is 1. The minimum Gasteiger partial charge on any atom is -0.493 e. The molecule has 5 heteroatoms. The average molecular weight is 248 g/mol. The molecule has 0 fully saturated rings. The third-order valence-corrected chi connectivity index (χ3v) is 2.67. The first-order valence-electron chi connectivity index (χ1n) is 5.45. The van der Waals surface area contributed by atoms with Crippen LogP contribution in [0.2, 0.25) is 0 Å². The fourth-order valence-electron chi connectivity index (χ4n) is 1.76. The summed E-state index contributed by atoms with van der Waals surface area (Å²) >= 11 is 0. The van der Waals surface area contributed by atoms with E-state index in [9.17, 15) is 9.18 Å². The van der Waals surface area contributed by atoms with Crippen molar-refractivity contribution < 1.29 is 13.9 Å². The van der Waals surface area contributed by atoms with E-state index in [2.05, 4.69) is 5.10 Å². The highest BCUT2D eigenvalue weighted by Crippen LogP contribution is 2.18. The number of ketones is 1. The van der Waals surface area contributed by atoms with Gasteiger partial charge in [-0.25, -0.2) is 4.39 Å². The summed E-state index contributed by atoms with van der Waals surface area (Å²) < 4.78 is 19.3. The lowest BCUT2D eigenvalue weighted by molar-refractivity contribution is 0.0981. The van der Waals surface area contributed by atoms with Crippen LogP contribution in [-0.2, 0) is 13.5 Å². The van der Waals surface area contributed by atoms with Crippen LogP contribution < -0.4 is 4.74 Å². The van der Waals surface area contributed by atoms with Crippen LogP contribution in [0.5, 0.6) is 5.75 Å². The van der Waals surface area contributed by atoms with Crippen molar-refractivity contribution in [1.29, 1.82) is 0 Å². The number of carbonyl (C=O) groups excluding carboxylic acids is 1. The first kappa shape index (κ1) is 12.3. The van der Waals surface area contributed by atoms with E-state index >= 15 is 0 Å². The molecule has 0 aliphatic rings. The van der Waals surface area contributed by atoms with Crippen LogP contribution in [0.1, 0.15) is 16.1 Å². The monoisotopic (exact) mass is 248 g/mol. The Bertz CT molecular complexity index is 561. The Balaban J connectivity index is 2.21. The summed E-state index contributed by atoms with van der Waals surface area (Å²) in [5.41, 5.74) is 1.17. The van der Waals surface area contributed by atoms with Gasteiger partial charge in [0.1, 0.15) is 11.5 Å². The number of hydrogen-bond acceptors (Lipinski definition) is 3. The number of carbonyl (C=O) groups is 1. The van der Waals surface area contributed by atoms with E-state index in [0.29, 0.717) is 11.4 Å². The zero-order chi connectivity index (χ0) is 13.1. The Morgan fingerprint density at radius 1 is 1.39 bits per heavy atom. The Labute approximate surface area is 104 Å². The molecular weight excluding hydrogens is 235 g/mol. The fourth-order valence-corrected chi connectivity index (χ4v) is 1.76. The molecule has 0 saturated carbocycles. The van der Waals surface area contributed by atoms with Crippen molar-refractivity contribution in [2.24, 2.45) is 7.05 Å². The lowest BCUT2D eigenvalue weighted by Gasteiger charge is -2.04. The van der Waals surface area contributed by atoms with Gasteiger partial charge in [-0.1, -0.05) is 12.1 Å². The van der Waals surface area contributed by atoms with Crippen molar-refractivity contribution >= 4 is 5.78 Å². The molecule has 0 atom stereocenters. The largest absolute Gasteiger partial charge is 0.493 e. The molecule has 0 bridgehead atoms. The second-order valence-electron chi connectivity index (χ2n) is 3.91. The van der Waals surface area contributed by atoms with E-state index in [1.165, 1.54) is 30.1 Å². The Hall–Kier alpha value is -2.17. The maximum Gasteiger partial charge on any atom is 0.189 e. The molecule has 0 radical (unpaired) electrons. The predicted octanol–water partition coefficient (Wildman–Crippen LogP) is 1.99. The molecule has 2 rings (SSSR count). The summed E-state index contributed by atoms with van der Waals surface area (Å²) in [4.78, 5) is 12.1. The standard InChI is InChI=1S/C13H13FN2O2/c1-16-13(12(18-2)8-15-16)11(17)7-9-3-5-10(14)6-4-9/h3-6,8H,7H2,1-2H3. The fraction of sp³-hybridized carbons (Fsp3) is 0.231. The van der Waals surface area contributed by atoms with Crippen molar-refractivity contribution in [3.05, 3.63) is 47.5 Å². The molecule has 18 heavy (non-hydrogen) atoms. The summed E-state index contributed by atoms with van der Waals surface area (Å²) in [5.74, 6) is 0.0207. The number of ether oxygens (including phenoxy) is 1. The Morgan fingerprint density at radius 2 is 2.06 bits per heavy atom. The van der Waals surface area contributed by atoms with Crippen molar-refractivity contribution in [2.45, 2.75) is 6.42 Å². The van der Waals surface area contributed by atoms with Gasteiger partial charge in [-0.05, 0) is 17.7 Å². The number of nitrogens with zero attached hydrogens (tertiary/aromatic N) is 2. The number of rotatable bonds is 4. The molecule has 1 aromatic carbocycles. The molecule has 0 spiro atoms. The van der Waals surface area contributed by atoms with Crippen molar-refractivity contribution in [2.75, 3.05) is 7.11 Å². The Kier molecular flexibility index (Phi) is 3.41. The van der Waals surface area contributed by atoms with Gasteiger partial charge in [0.05, 0.1) is 13.3 Å². The molecule has 1 aromatic heterocycles. The van der Waals surface area contributed by atoms with Crippen LogP contribution >= 0.6 is 0 Å². The molecule has 0 aliphatic heterocycles.